The van der Waals surface area contributed by atoms with Crippen molar-refractivity contribution in [3.8, 4) is 0 Å². The standard InChI is InChI=1S/C16H19N/c17-15-4-2-1-3-13(15)14-8-7-12-10-5-6-11(9-10)16(12)14/h1-6,10-12,14,16H,7-9,17H2/t10?,11?,12?,14-,16?/m0/s1. The topological polar surface area (TPSA) is 26.0 Å². The second-order valence-electron chi connectivity index (χ2n) is 6.00. The summed E-state index contributed by atoms with van der Waals surface area (Å²) in [7, 11) is 0. The van der Waals surface area contributed by atoms with Crippen LogP contribution in [0.25, 0.3) is 0 Å². The fourth-order valence-electron chi connectivity index (χ4n) is 4.74. The van der Waals surface area contributed by atoms with Crippen LogP contribution in [0, 0.1) is 23.7 Å². The Hall–Kier alpha value is -1.24. The third kappa shape index (κ3) is 1.25. The van der Waals surface area contributed by atoms with Crippen LogP contribution in [0.1, 0.15) is 30.7 Å². The van der Waals surface area contributed by atoms with E-state index in [4.69, 9.17) is 5.73 Å². The summed E-state index contributed by atoms with van der Waals surface area (Å²) >= 11 is 0. The average molecular weight is 225 g/mol. The summed E-state index contributed by atoms with van der Waals surface area (Å²) in [4.78, 5) is 0. The molecule has 2 N–H and O–H groups in total. The first-order valence-corrected chi connectivity index (χ1v) is 6.87. The van der Waals surface area contributed by atoms with Gasteiger partial charge >= 0.3 is 0 Å². The lowest BCUT2D eigenvalue weighted by atomic mass is 9.78. The molecule has 2 bridgehead atoms. The molecule has 1 aromatic rings. The van der Waals surface area contributed by atoms with E-state index in [1.165, 1.54) is 24.8 Å². The number of hydrogen-bond acceptors (Lipinski definition) is 1. The van der Waals surface area contributed by atoms with E-state index in [-0.39, 0.29) is 0 Å². The van der Waals surface area contributed by atoms with Gasteiger partial charge in [0, 0.05) is 5.69 Å². The number of hydrogen-bond donors (Lipinski definition) is 1. The lowest BCUT2D eigenvalue weighted by molar-refractivity contribution is 0.339. The van der Waals surface area contributed by atoms with E-state index in [1.807, 2.05) is 6.07 Å². The van der Waals surface area contributed by atoms with Crippen molar-refractivity contribution >= 4 is 5.69 Å². The van der Waals surface area contributed by atoms with Gasteiger partial charge in [-0.15, -0.1) is 0 Å². The highest BCUT2D eigenvalue weighted by atomic mass is 14.6. The number of benzene rings is 1. The highest BCUT2D eigenvalue weighted by Gasteiger charge is 2.51. The molecule has 0 heterocycles. The van der Waals surface area contributed by atoms with Gasteiger partial charge in [0.05, 0.1) is 0 Å². The van der Waals surface area contributed by atoms with Gasteiger partial charge in [0.15, 0.2) is 0 Å². The molecule has 4 rings (SSSR count). The SMILES string of the molecule is Nc1ccccc1[C@@H]1CCC2C3C=CC(C3)C21. The number of nitrogen functional groups attached to an aromatic ring is 1. The van der Waals surface area contributed by atoms with E-state index in [0.29, 0.717) is 0 Å². The summed E-state index contributed by atoms with van der Waals surface area (Å²) in [5.41, 5.74) is 8.59. The summed E-state index contributed by atoms with van der Waals surface area (Å²) in [5.74, 6) is 4.29. The van der Waals surface area contributed by atoms with E-state index < -0.39 is 0 Å². The third-order valence-electron chi connectivity index (χ3n) is 5.36. The lowest BCUT2D eigenvalue weighted by Crippen LogP contribution is -2.19. The van der Waals surface area contributed by atoms with E-state index in [0.717, 1.165) is 35.3 Å². The minimum absolute atomic E-state index is 0.723. The molecule has 0 aromatic heterocycles. The second-order valence-corrected chi connectivity index (χ2v) is 6.00. The maximum absolute atomic E-state index is 6.16. The third-order valence-corrected chi connectivity index (χ3v) is 5.36. The first-order valence-electron chi connectivity index (χ1n) is 6.87. The van der Waals surface area contributed by atoms with Crippen LogP contribution in [0.2, 0.25) is 0 Å². The van der Waals surface area contributed by atoms with Crippen molar-refractivity contribution in [2.75, 3.05) is 5.73 Å². The van der Waals surface area contributed by atoms with Crippen molar-refractivity contribution in [2.24, 2.45) is 23.7 Å². The summed E-state index contributed by atoms with van der Waals surface area (Å²) in [6.45, 7) is 0. The molecule has 4 unspecified atom stereocenters. The van der Waals surface area contributed by atoms with Gasteiger partial charge < -0.3 is 5.73 Å². The molecule has 0 aliphatic heterocycles. The molecule has 3 aliphatic rings. The lowest BCUT2D eigenvalue weighted by Gasteiger charge is -2.27. The normalized spacial score (nSPS) is 42.0. The highest BCUT2D eigenvalue weighted by Crippen LogP contribution is 2.60. The molecular formula is C16H19N. The molecule has 17 heavy (non-hydrogen) atoms. The molecule has 88 valence electrons. The van der Waals surface area contributed by atoms with Crippen LogP contribution in [-0.4, -0.2) is 0 Å². The summed E-state index contributed by atoms with van der Waals surface area (Å²) < 4.78 is 0. The van der Waals surface area contributed by atoms with Crippen molar-refractivity contribution < 1.29 is 0 Å². The van der Waals surface area contributed by atoms with Crippen molar-refractivity contribution in [3.05, 3.63) is 42.0 Å². The Kier molecular flexibility index (Phi) is 1.94. The zero-order valence-electron chi connectivity index (χ0n) is 10.0. The minimum atomic E-state index is 0.723. The number of rotatable bonds is 1. The van der Waals surface area contributed by atoms with Gasteiger partial charge in [0.2, 0.25) is 0 Å². The van der Waals surface area contributed by atoms with E-state index in [9.17, 15) is 0 Å². The smallest absolute Gasteiger partial charge is 0.0349 e. The molecule has 0 radical (unpaired) electrons. The zero-order chi connectivity index (χ0) is 11.4. The van der Waals surface area contributed by atoms with Crippen LogP contribution in [0.5, 0.6) is 0 Å². The van der Waals surface area contributed by atoms with Gasteiger partial charge in [-0.3, -0.25) is 0 Å². The number of nitrogens with two attached hydrogens (primary N) is 1. The zero-order valence-corrected chi connectivity index (χ0v) is 10.0. The maximum Gasteiger partial charge on any atom is 0.0349 e. The van der Waals surface area contributed by atoms with E-state index in [2.05, 4.69) is 30.4 Å². The average Bonchev–Trinajstić information content (AvgIpc) is 3.02. The summed E-state index contributed by atoms with van der Waals surface area (Å²) in [5, 5.41) is 0. The van der Waals surface area contributed by atoms with Crippen LogP contribution < -0.4 is 5.73 Å². The molecule has 3 aliphatic carbocycles. The monoisotopic (exact) mass is 225 g/mol. The van der Waals surface area contributed by atoms with Gasteiger partial charge in [0.1, 0.15) is 0 Å². The second kappa shape index (κ2) is 3.38. The van der Waals surface area contributed by atoms with Crippen molar-refractivity contribution in [1.82, 2.24) is 0 Å². The van der Waals surface area contributed by atoms with Gasteiger partial charge in [-0.25, -0.2) is 0 Å². The Morgan fingerprint density at radius 2 is 1.82 bits per heavy atom. The number of fused-ring (bicyclic) bond motifs is 5. The Morgan fingerprint density at radius 1 is 1.00 bits per heavy atom. The summed E-state index contributed by atoms with van der Waals surface area (Å²) in [6.07, 6.45) is 9.12. The van der Waals surface area contributed by atoms with Crippen molar-refractivity contribution in [1.29, 1.82) is 0 Å². The molecule has 1 nitrogen and oxygen atoms in total. The van der Waals surface area contributed by atoms with E-state index >= 15 is 0 Å². The van der Waals surface area contributed by atoms with Crippen molar-refractivity contribution in [3.63, 3.8) is 0 Å². The largest absolute Gasteiger partial charge is 0.398 e. The fraction of sp³-hybridized carbons (Fsp3) is 0.500. The Morgan fingerprint density at radius 3 is 2.71 bits per heavy atom. The predicted molar refractivity (Wildman–Crippen MR) is 70.5 cm³/mol. The first-order chi connectivity index (χ1) is 8.34. The minimum Gasteiger partial charge on any atom is -0.398 e. The van der Waals surface area contributed by atoms with Crippen LogP contribution in [0.15, 0.2) is 36.4 Å². The van der Waals surface area contributed by atoms with Crippen LogP contribution in [0.3, 0.4) is 0 Å². The first kappa shape index (κ1) is 9.76. The Labute approximate surface area is 103 Å². The number of para-hydroxylation sites is 1. The summed E-state index contributed by atoms with van der Waals surface area (Å²) in [6, 6.07) is 8.50. The van der Waals surface area contributed by atoms with Gasteiger partial charge in [0.25, 0.3) is 0 Å². The molecule has 0 spiro atoms. The van der Waals surface area contributed by atoms with Crippen LogP contribution in [0.4, 0.5) is 5.69 Å². The van der Waals surface area contributed by atoms with Crippen LogP contribution >= 0.6 is 0 Å². The molecule has 0 saturated heterocycles. The van der Waals surface area contributed by atoms with E-state index in [1.54, 1.807) is 0 Å². The number of allylic oxidation sites excluding steroid dienone is 2. The predicted octanol–water partition coefficient (Wildman–Crippen LogP) is 3.58. The number of anilines is 1. The molecule has 0 amide bonds. The Bertz CT molecular complexity index is 476. The van der Waals surface area contributed by atoms with Crippen LogP contribution in [-0.2, 0) is 0 Å². The fourth-order valence-corrected chi connectivity index (χ4v) is 4.74. The molecule has 1 aromatic carbocycles. The van der Waals surface area contributed by atoms with Crippen molar-refractivity contribution in [2.45, 2.75) is 25.2 Å². The molecule has 2 saturated carbocycles. The quantitative estimate of drug-likeness (QED) is 0.573. The van der Waals surface area contributed by atoms with Gasteiger partial charge in [-0.1, -0.05) is 30.4 Å². The van der Waals surface area contributed by atoms with Gasteiger partial charge in [-0.05, 0) is 60.5 Å². The molecular weight excluding hydrogens is 206 g/mol. The van der Waals surface area contributed by atoms with Gasteiger partial charge in [-0.2, -0.15) is 0 Å². The highest BCUT2D eigenvalue weighted by molar-refractivity contribution is 5.49. The Balaban J connectivity index is 1.73. The molecule has 1 heteroatoms. The maximum atomic E-state index is 6.16. The molecule has 5 atom stereocenters. The molecule has 2 fully saturated rings.